The number of hydrogen-bond donors (Lipinski definition) is 4. The van der Waals surface area contributed by atoms with Crippen molar-refractivity contribution in [3.05, 3.63) is 11.6 Å². The van der Waals surface area contributed by atoms with Crippen molar-refractivity contribution in [1.82, 2.24) is 0 Å². The summed E-state index contributed by atoms with van der Waals surface area (Å²) in [6.45, 7) is 9.17. The lowest BCUT2D eigenvalue weighted by molar-refractivity contribution is -0.215. The molecule has 250 valence electrons. The lowest BCUT2D eigenvalue weighted by Crippen LogP contribution is -2.65. The van der Waals surface area contributed by atoms with Gasteiger partial charge in [0.1, 0.15) is 17.3 Å². The van der Waals surface area contributed by atoms with Gasteiger partial charge >= 0.3 is 5.97 Å². The fourth-order valence-corrected chi connectivity index (χ4v) is 9.98. The number of epoxide rings is 1. The molecular weight excluding hydrogens is 560 g/mol. The van der Waals surface area contributed by atoms with Gasteiger partial charge in [0.25, 0.3) is 0 Å². The first-order chi connectivity index (χ1) is 20.8. The van der Waals surface area contributed by atoms with Crippen LogP contribution in [0.2, 0.25) is 0 Å². The molecule has 8 nitrogen and oxygen atoms in total. The second-order valence-electron chi connectivity index (χ2n) is 15.6. The first-order valence-electron chi connectivity index (χ1n) is 17.7. The smallest absolute Gasteiger partial charge is 0.306 e. The topological polar surface area (TPSA) is 137 Å². The van der Waals surface area contributed by atoms with E-state index in [0.29, 0.717) is 12.8 Å². The molecule has 0 bridgehead atoms. The predicted octanol–water partition coefficient (Wildman–Crippen LogP) is 5.17. The average Bonchev–Trinajstić information content (AvgIpc) is 3.80. The van der Waals surface area contributed by atoms with Crippen LogP contribution in [0.4, 0.5) is 0 Å². The summed E-state index contributed by atoms with van der Waals surface area (Å²) >= 11 is 0. The SMILES string of the molecule is CCCCCCCCCCCCCCCC(=O)OC12CC(C)C3(O)C(C4OC4(CO)C(O)C4(O)C(=O)C(C)=CC43)C1C2(C)C. The van der Waals surface area contributed by atoms with Crippen molar-refractivity contribution in [3.63, 3.8) is 0 Å². The van der Waals surface area contributed by atoms with Crippen LogP contribution in [0.25, 0.3) is 0 Å². The highest BCUT2D eigenvalue weighted by atomic mass is 16.6. The van der Waals surface area contributed by atoms with Gasteiger partial charge in [-0.15, -0.1) is 0 Å². The number of esters is 1. The number of ketones is 1. The molecule has 4 fully saturated rings. The molecule has 10 atom stereocenters. The van der Waals surface area contributed by atoms with Gasteiger partial charge in [0, 0.05) is 29.6 Å². The molecule has 0 aromatic rings. The minimum atomic E-state index is -2.30. The zero-order valence-electron chi connectivity index (χ0n) is 27.8. The van der Waals surface area contributed by atoms with E-state index in [-0.39, 0.29) is 17.5 Å². The van der Waals surface area contributed by atoms with Crippen molar-refractivity contribution < 1.29 is 39.5 Å². The Kier molecular flexibility index (Phi) is 9.56. The third kappa shape index (κ3) is 5.04. The Labute approximate surface area is 264 Å². The summed E-state index contributed by atoms with van der Waals surface area (Å²) in [7, 11) is 0. The fourth-order valence-electron chi connectivity index (χ4n) is 9.98. The Bertz CT molecular complexity index is 1120. The summed E-state index contributed by atoms with van der Waals surface area (Å²) in [6, 6.07) is 0. The maximum atomic E-state index is 13.3. The Balaban J connectivity index is 1.17. The minimum Gasteiger partial charge on any atom is -0.458 e. The van der Waals surface area contributed by atoms with Crippen LogP contribution in [-0.4, -0.2) is 73.4 Å². The summed E-state index contributed by atoms with van der Waals surface area (Å²) in [6.07, 6.45) is 15.9. The monoisotopic (exact) mass is 618 g/mol. The van der Waals surface area contributed by atoms with Gasteiger partial charge in [-0.05, 0) is 31.3 Å². The molecular formula is C36H58O8. The molecule has 5 aliphatic rings. The number of hydrogen-bond acceptors (Lipinski definition) is 8. The minimum absolute atomic E-state index is 0.233. The number of Topliss-reactive ketones (excluding diaryl/α,β-unsaturated/α-hetero) is 1. The van der Waals surface area contributed by atoms with E-state index >= 15 is 0 Å². The molecule has 8 heteroatoms. The molecule has 4 N–H and O–H groups in total. The van der Waals surface area contributed by atoms with Crippen LogP contribution < -0.4 is 0 Å². The van der Waals surface area contributed by atoms with E-state index in [1.165, 1.54) is 64.2 Å². The molecule has 0 aromatic heterocycles. The predicted molar refractivity (Wildman–Crippen MR) is 167 cm³/mol. The van der Waals surface area contributed by atoms with Crippen molar-refractivity contribution in [1.29, 1.82) is 0 Å². The number of unbranched alkanes of at least 4 members (excludes halogenated alkanes) is 12. The molecule has 0 aromatic carbocycles. The normalized spacial score (nSPS) is 42.8. The van der Waals surface area contributed by atoms with Gasteiger partial charge in [0.2, 0.25) is 0 Å². The van der Waals surface area contributed by atoms with Crippen LogP contribution in [0.1, 0.15) is 131 Å². The molecule has 1 saturated heterocycles. The summed E-state index contributed by atoms with van der Waals surface area (Å²) in [5.41, 5.74) is -6.51. The molecule has 3 saturated carbocycles. The van der Waals surface area contributed by atoms with Gasteiger partial charge in [0.05, 0.1) is 18.3 Å². The second kappa shape index (κ2) is 12.4. The van der Waals surface area contributed by atoms with Crippen molar-refractivity contribution in [2.45, 2.75) is 166 Å². The first kappa shape index (κ1) is 34.0. The highest BCUT2D eigenvalue weighted by Crippen LogP contribution is 2.79. The zero-order chi connectivity index (χ0) is 32.1. The molecule has 5 rings (SSSR count). The number of rotatable bonds is 16. The van der Waals surface area contributed by atoms with Crippen molar-refractivity contribution in [3.8, 4) is 0 Å². The van der Waals surface area contributed by atoms with E-state index in [9.17, 15) is 30.0 Å². The third-order valence-corrected chi connectivity index (χ3v) is 12.7. The quantitative estimate of drug-likeness (QED) is 0.106. The van der Waals surface area contributed by atoms with E-state index in [2.05, 4.69) is 6.92 Å². The number of aliphatic hydroxyl groups is 4. The molecule has 4 aliphatic carbocycles. The van der Waals surface area contributed by atoms with Crippen LogP contribution in [0.3, 0.4) is 0 Å². The van der Waals surface area contributed by atoms with E-state index in [1.54, 1.807) is 13.0 Å². The van der Waals surface area contributed by atoms with Crippen LogP contribution in [-0.2, 0) is 19.1 Å². The highest BCUT2D eigenvalue weighted by Gasteiger charge is 2.90. The molecule has 0 radical (unpaired) electrons. The van der Waals surface area contributed by atoms with Crippen molar-refractivity contribution in [2.75, 3.05) is 6.61 Å². The number of ether oxygens (including phenoxy) is 2. The van der Waals surface area contributed by atoms with E-state index in [0.717, 1.165) is 19.3 Å². The van der Waals surface area contributed by atoms with E-state index in [1.807, 2.05) is 20.8 Å². The van der Waals surface area contributed by atoms with Gasteiger partial charge in [0.15, 0.2) is 11.4 Å². The van der Waals surface area contributed by atoms with Crippen LogP contribution in [0.15, 0.2) is 11.6 Å². The Morgan fingerprint density at radius 2 is 1.52 bits per heavy atom. The molecule has 0 amide bonds. The lowest BCUT2D eigenvalue weighted by Gasteiger charge is -2.51. The Morgan fingerprint density at radius 3 is 2.07 bits per heavy atom. The van der Waals surface area contributed by atoms with Crippen molar-refractivity contribution in [2.24, 2.45) is 29.1 Å². The summed E-state index contributed by atoms with van der Waals surface area (Å²) in [5.74, 6) is -3.39. The number of fused-ring (bicyclic) bond motifs is 7. The van der Waals surface area contributed by atoms with E-state index in [4.69, 9.17) is 9.47 Å². The highest BCUT2D eigenvalue weighted by molar-refractivity contribution is 6.05. The van der Waals surface area contributed by atoms with E-state index < -0.39 is 70.2 Å². The Morgan fingerprint density at radius 1 is 0.977 bits per heavy atom. The molecule has 10 unspecified atom stereocenters. The van der Waals surface area contributed by atoms with Crippen molar-refractivity contribution >= 4 is 11.8 Å². The maximum Gasteiger partial charge on any atom is 0.306 e. The fraction of sp³-hybridized carbons (Fsp3) is 0.889. The Hall–Kier alpha value is -1.32. The second-order valence-corrected chi connectivity index (χ2v) is 15.6. The average molecular weight is 619 g/mol. The molecule has 1 aliphatic heterocycles. The summed E-state index contributed by atoms with van der Waals surface area (Å²) in [5, 5.41) is 46.2. The van der Waals surface area contributed by atoms with Gasteiger partial charge in [-0.1, -0.05) is 111 Å². The van der Waals surface area contributed by atoms with Gasteiger partial charge in [-0.3, -0.25) is 9.59 Å². The largest absolute Gasteiger partial charge is 0.458 e. The lowest BCUT2D eigenvalue weighted by atomic mass is 9.59. The standard InChI is InChI=1S/C36H58O8/c1-6-7-8-9-10-11-12-13-14-15-16-17-18-19-26(38)43-34-21-24(3)35(41)25-20-23(2)29(39)36(25,42)31(40)33(22-37)30(44-33)27(35)28(34)32(34,4)5/h20,24-25,27-28,30-31,37,40-42H,6-19,21-22H2,1-5H3. The van der Waals surface area contributed by atoms with Gasteiger partial charge in [-0.2, -0.15) is 0 Å². The van der Waals surface area contributed by atoms with Gasteiger partial charge < -0.3 is 29.9 Å². The van der Waals surface area contributed by atoms with Crippen LogP contribution in [0.5, 0.6) is 0 Å². The van der Waals surface area contributed by atoms with Crippen LogP contribution in [0, 0.1) is 29.1 Å². The number of aliphatic hydroxyl groups excluding tert-OH is 2. The summed E-state index contributed by atoms with van der Waals surface area (Å²) in [4.78, 5) is 26.5. The third-order valence-electron chi connectivity index (χ3n) is 12.7. The maximum absolute atomic E-state index is 13.3. The first-order valence-corrected chi connectivity index (χ1v) is 17.7. The molecule has 44 heavy (non-hydrogen) atoms. The van der Waals surface area contributed by atoms with Crippen LogP contribution >= 0.6 is 0 Å². The number of carbonyl (C=O) groups excluding carboxylic acids is 2. The van der Waals surface area contributed by atoms with Gasteiger partial charge in [-0.25, -0.2) is 0 Å². The number of carbonyl (C=O) groups is 2. The zero-order valence-corrected chi connectivity index (χ0v) is 27.8. The molecule has 1 heterocycles. The summed E-state index contributed by atoms with van der Waals surface area (Å²) < 4.78 is 12.3. The molecule has 0 spiro atoms.